The standard InChI is InChI=1S/C11H17NO/c13-11-4-3-8(6-11)9-2-1-5-12-10(9)7-11/h8-9,13H,1-7H2/t8-,9-,11+/m1/s1. The van der Waals surface area contributed by atoms with Crippen molar-refractivity contribution >= 4 is 5.71 Å². The van der Waals surface area contributed by atoms with Crippen LogP contribution in [0.4, 0.5) is 0 Å². The molecule has 1 aliphatic heterocycles. The van der Waals surface area contributed by atoms with E-state index in [1.54, 1.807) is 0 Å². The van der Waals surface area contributed by atoms with Gasteiger partial charge in [-0.15, -0.1) is 0 Å². The monoisotopic (exact) mass is 179 g/mol. The van der Waals surface area contributed by atoms with Gasteiger partial charge in [-0.05, 0) is 43.9 Å². The van der Waals surface area contributed by atoms with Gasteiger partial charge in [0.25, 0.3) is 0 Å². The Morgan fingerprint density at radius 3 is 3.23 bits per heavy atom. The van der Waals surface area contributed by atoms with Crippen molar-refractivity contribution in [1.82, 2.24) is 0 Å². The third-order valence-electron chi connectivity index (χ3n) is 4.12. The first-order chi connectivity index (χ1) is 6.27. The Balaban J connectivity index is 1.94. The Morgan fingerprint density at radius 1 is 1.38 bits per heavy atom. The lowest BCUT2D eigenvalue weighted by Crippen LogP contribution is -2.39. The average Bonchev–Trinajstić information content (AvgIpc) is 2.43. The number of fused-ring (bicyclic) bond motifs is 4. The Labute approximate surface area is 79.1 Å². The summed E-state index contributed by atoms with van der Waals surface area (Å²) in [6, 6.07) is 0. The normalized spacial score (nSPS) is 48.5. The molecule has 13 heavy (non-hydrogen) atoms. The summed E-state index contributed by atoms with van der Waals surface area (Å²) >= 11 is 0. The van der Waals surface area contributed by atoms with Gasteiger partial charge in [0.2, 0.25) is 0 Å². The first-order valence-electron chi connectivity index (χ1n) is 5.52. The summed E-state index contributed by atoms with van der Waals surface area (Å²) in [4.78, 5) is 4.59. The van der Waals surface area contributed by atoms with E-state index in [4.69, 9.17) is 0 Å². The minimum atomic E-state index is -0.350. The van der Waals surface area contributed by atoms with Crippen molar-refractivity contribution in [3.63, 3.8) is 0 Å². The van der Waals surface area contributed by atoms with Crippen molar-refractivity contribution in [3.05, 3.63) is 0 Å². The fraction of sp³-hybridized carbons (Fsp3) is 0.909. The maximum atomic E-state index is 10.2. The number of hydrogen-bond donors (Lipinski definition) is 1. The van der Waals surface area contributed by atoms with Gasteiger partial charge in [0.05, 0.1) is 5.60 Å². The molecule has 0 saturated heterocycles. The van der Waals surface area contributed by atoms with Gasteiger partial charge in [-0.25, -0.2) is 0 Å². The minimum absolute atomic E-state index is 0.350. The summed E-state index contributed by atoms with van der Waals surface area (Å²) in [5.74, 6) is 1.51. The Bertz CT molecular complexity index is 261. The highest BCUT2D eigenvalue weighted by molar-refractivity contribution is 5.89. The van der Waals surface area contributed by atoms with E-state index in [9.17, 15) is 5.11 Å². The lowest BCUT2D eigenvalue weighted by Gasteiger charge is -2.37. The van der Waals surface area contributed by atoms with Gasteiger partial charge >= 0.3 is 0 Å². The average molecular weight is 179 g/mol. The van der Waals surface area contributed by atoms with Crippen LogP contribution in [-0.4, -0.2) is 23.0 Å². The molecule has 0 aromatic rings. The molecule has 2 heteroatoms. The topological polar surface area (TPSA) is 32.6 Å². The Morgan fingerprint density at radius 2 is 2.31 bits per heavy atom. The Kier molecular flexibility index (Phi) is 1.58. The van der Waals surface area contributed by atoms with Crippen LogP contribution >= 0.6 is 0 Å². The first-order valence-corrected chi connectivity index (χ1v) is 5.52. The molecule has 72 valence electrons. The summed E-state index contributed by atoms with van der Waals surface area (Å²) in [7, 11) is 0. The first kappa shape index (κ1) is 7.98. The molecule has 3 rings (SSSR count). The molecule has 1 heterocycles. The largest absolute Gasteiger partial charge is 0.389 e. The van der Waals surface area contributed by atoms with Crippen LogP contribution in [0.15, 0.2) is 4.99 Å². The lowest BCUT2D eigenvalue weighted by atomic mass is 9.73. The summed E-state index contributed by atoms with van der Waals surface area (Å²) in [6.07, 6.45) is 6.79. The predicted octanol–water partition coefficient (Wildman–Crippen LogP) is 1.77. The van der Waals surface area contributed by atoms with Crippen LogP contribution in [0.3, 0.4) is 0 Å². The maximum absolute atomic E-state index is 10.2. The van der Waals surface area contributed by atoms with Gasteiger partial charge < -0.3 is 5.11 Å². The van der Waals surface area contributed by atoms with Crippen molar-refractivity contribution in [2.24, 2.45) is 16.8 Å². The second-order valence-corrected chi connectivity index (χ2v) is 5.03. The van der Waals surface area contributed by atoms with E-state index < -0.39 is 0 Å². The van der Waals surface area contributed by atoms with Crippen molar-refractivity contribution in [1.29, 1.82) is 0 Å². The molecule has 2 nitrogen and oxygen atoms in total. The molecular formula is C11H17NO. The zero-order chi connectivity index (χ0) is 8.89. The number of aliphatic hydroxyl groups is 1. The van der Waals surface area contributed by atoms with E-state index in [1.807, 2.05) is 0 Å². The fourth-order valence-corrected chi connectivity index (χ4v) is 3.50. The zero-order valence-electron chi connectivity index (χ0n) is 8.00. The third-order valence-corrected chi connectivity index (χ3v) is 4.12. The maximum Gasteiger partial charge on any atom is 0.0702 e. The second-order valence-electron chi connectivity index (χ2n) is 5.03. The number of rotatable bonds is 0. The number of hydrogen-bond acceptors (Lipinski definition) is 2. The van der Waals surface area contributed by atoms with Gasteiger partial charge in [0, 0.05) is 18.7 Å². The molecule has 2 saturated carbocycles. The van der Waals surface area contributed by atoms with Crippen molar-refractivity contribution in [2.45, 2.75) is 44.1 Å². The molecule has 0 radical (unpaired) electrons. The lowest BCUT2D eigenvalue weighted by molar-refractivity contribution is 0.0391. The molecule has 1 N–H and O–H groups in total. The summed E-state index contributed by atoms with van der Waals surface area (Å²) < 4.78 is 0. The van der Waals surface area contributed by atoms with Crippen LogP contribution in [-0.2, 0) is 0 Å². The predicted molar refractivity (Wildman–Crippen MR) is 51.9 cm³/mol. The third kappa shape index (κ3) is 1.15. The molecule has 2 bridgehead atoms. The SMILES string of the molecule is O[C@@]12CC[C@H](C1)[C@H]1CCCN=C1C2. The van der Waals surface area contributed by atoms with Crippen LogP contribution in [0.2, 0.25) is 0 Å². The van der Waals surface area contributed by atoms with Gasteiger partial charge in [0.1, 0.15) is 0 Å². The quantitative estimate of drug-likeness (QED) is 0.604. The minimum Gasteiger partial charge on any atom is -0.389 e. The van der Waals surface area contributed by atoms with Crippen LogP contribution in [0.25, 0.3) is 0 Å². The van der Waals surface area contributed by atoms with Gasteiger partial charge in [-0.3, -0.25) is 4.99 Å². The van der Waals surface area contributed by atoms with Crippen LogP contribution in [0.1, 0.15) is 38.5 Å². The van der Waals surface area contributed by atoms with Crippen LogP contribution < -0.4 is 0 Å². The van der Waals surface area contributed by atoms with Crippen molar-refractivity contribution in [3.8, 4) is 0 Å². The van der Waals surface area contributed by atoms with E-state index in [-0.39, 0.29) is 5.60 Å². The van der Waals surface area contributed by atoms with Crippen molar-refractivity contribution < 1.29 is 5.11 Å². The molecule has 0 aromatic carbocycles. The molecular weight excluding hydrogens is 162 g/mol. The zero-order valence-corrected chi connectivity index (χ0v) is 8.00. The smallest absolute Gasteiger partial charge is 0.0702 e. The molecule has 0 spiro atoms. The molecule has 2 aliphatic carbocycles. The van der Waals surface area contributed by atoms with E-state index in [0.29, 0.717) is 0 Å². The summed E-state index contributed by atoms with van der Waals surface area (Å²) in [6.45, 7) is 1.01. The van der Waals surface area contributed by atoms with E-state index in [2.05, 4.69) is 4.99 Å². The highest BCUT2D eigenvalue weighted by atomic mass is 16.3. The molecule has 0 unspecified atom stereocenters. The Hall–Kier alpha value is -0.370. The van der Waals surface area contributed by atoms with Crippen molar-refractivity contribution in [2.75, 3.05) is 6.54 Å². The highest BCUT2D eigenvalue weighted by Crippen LogP contribution is 2.48. The molecule has 0 aromatic heterocycles. The number of nitrogens with zero attached hydrogens (tertiary/aromatic N) is 1. The summed E-state index contributed by atoms with van der Waals surface area (Å²) in [5, 5.41) is 10.2. The molecule has 3 atom stereocenters. The van der Waals surface area contributed by atoms with Gasteiger partial charge in [-0.2, -0.15) is 0 Å². The van der Waals surface area contributed by atoms with E-state index in [0.717, 1.165) is 37.6 Å². The summed E-state index contributed by atoms with van der Waals surface area (Å²) in [5.41, 5.74) is 1.000. The highest BCUT2D eigenvalue weighted by Gasteiger charge is 2.48. The number of aliphatic imine (C=N–C) groups is 1. The van der Waals surface area contributed by atoms with E-state index in [1.165, 1.54) is 25.0 Å². The van der Waals surface area contributed by atoms with Gasteiger partial charge in [-0.1, -0.05) is 0 Å². The van der Waals surface area contributed by atoms with E-state index >= 15 is 0 Å². The molecule has 3 aliphatic rings. The fourth-order valence-electron chi connectivity index (χ4n) is 3.50. The molecule has 0 amide bonds. The van der Waals surface area contributed by atoms with Crippen LogP contribution in [0, 0.1) is 11.8 Å². The van der Waals surface area contributed by atoms with Gasteiger partial charge in [0.15, 0.2) is 0 Å². The second kappa shape index (κ2) is 2.57. The van der Waals surface area contributed by atoms with Crippen LogP contribution in [0.5, 0.6) is 0 Å². The molecule has 2 fully saturated rings.